The molecule has 0 saturated carbocycles. The van der Waals surface area contributed by atoms with Crippen LogP contribution in [0.25, 0.3) is 0 Å². The summed E-state index contributed by atoms with van der Waals surface area (Å²) in [6.45, 7) is 7.95. The van der Waals surface area contributed by atoms with E-state index in [0.29, 0.717) is 6.04 Å². The largest absolute Gasteiger partial charge is 0.313 e. The zero-order chi connectivity index (χ0) is 12.7. The molecule has 1 N–H and O–H groups in total. The lowest BCUT2D eigenvalue weighted by Crippen LogP contribution is -2.37. The Morgan fingerprint density at radius 1 is 1.35 bits per heavy atom. The lowest BCUT2D eigenvalue weighted by Gasteiger charge is -2.24. The normalized spacial score (nSPS) is 14.8. The highest BCUT2D eigenvalue weighted by molar-refractivity contribution is 5.06. The summed E-state index contributed by atoms with van der Waals surface area (Å²) < 4.78 is 1.89. The summed E-state index contributed by atoms with van der Waals surface area (Å²) in [6.07, 6.45) is 8.95. The molecule has 2 atom stereocenters. The molecule has 98 valence electrons. The van der Waals surface area contributed by atoms with E-state index in [1.165, 1.54) is 24.8 Å². The molecule has 1 heterocycles. The zero-order valence-electron chi connectivity index (χ0n) is 11.7. The minimum atomic E-state index is 0.582. The van der Waals surface area contributed by atoms with Gasteiger partial charge in [0.15, 0.2) is 0 Å². The predicted molar refractivity (Wildman–Crippen MR) is 73.1 cm³/mol. The summed E-state index contributed by atoms with van der Waals surface area (Å²) in [5.74, 6) is 0.728. The standard InChI is InChI=1S/C14H27N3/c1-5-7-12(3)14(15-8-6-2)9-13-10-16-17(4)11-13/h10-12,14-15H,5-9H2,1-4H3. The smallest absolute Gasteiger partial charge is 0.0522 e. The Morgan fingerprint density at radius 3 is 2.65 bits per heavy atom. The van der Waals surface area contributed by atoms with E-state index in [0.717, 1.165) is 18.9 Å². The average Bonchev–Trinajstić information content (AvgIpc) is 2.70. The maximum absolute atomic E-state index is 4.24. The van der Waals surface area contributed by atoms with Gasteiger partial charge >= 0.3 is 0 Å². The van der Waals surface area contributed by atoms with Gasteiger partial charge in [0.1, 0.15) is 0 Å². The molecular formula is C14H27N3. The molecule has 0 aliphatic carbocycles. The zero-order valence-corrected chi connectivity index (χ0v) is 11.7. The summed E-state index contributed by atoms with van der Waals surface area (Å²) >= 11 is 0. The van der Waals surface area contributed by atoms with Crippen LogP contribution in [0.5, 0.6) is 0 Å². The van der Waals surface area contributed by atoms with E-state index in [1.54, 1.807) is 0 Å². The van der Waals surface area contributed by atoms with E-state index in [1.807, 2.05) is 17.9 Å². The molecule has 0 amide bonds. The second-order valence-electron chi connectivity index (χ2n) is 5.05. The van der Waals surface area contributed by atoms with Crippen LogP contribution < -0.4 is 5.32 Å². The van der Waals surface area contributed by atoms with Gasteiger partial charge in [0.05, 0.1) is 6.20 Å². The Hall–Kier alpha value is -0.830. The highest BCUT2D eigenvalue weighted by Crippen LogP contribution is 2.15. The van der Waals surface area contributed by atoms with Crippen molar-refractivity contribution in [2.45, 2.75) is 52.5 Å². The van der Waals surface area contributed by atoms with Gasteiger partial charge in [-0.25, -0.2) is 0 Å². The Labute approximate surface area is 106 Å². The van der Waals surface area contributed by atoms with Crippen LogP contribution in [0.4, 0.5) is 0 Å². The molecule has 2 unspecified atom stereocenters. The van der Waals surface area contributed by atoms with Crippen LogP contribution in [0.3, 0.4) is 0 Å². The van der Waals surface area contributed by atoms with Gasteiger partial charge in [0.2, 0.25) is 0 Å². The predicted octanol–water partition coefficient (Wildman–Crippen LogP) is 2.77. The van der Waals surface area contributed by atoms with Crippen LogP contribution in [-0.2, 0) is 13.5 Å². The summed E-state index contributed by atoms with van der Waals surface area (Å²) in [7, 11) is 1.98. The van der Waals surface area contributed by atoms with Crippen molar-refractivity contribution in [2.24, 2.45) is 13.0 Å². The fourth-order valence-corrected chi connectivity index (χ4v) is 2.29. The first kappa shape index (κ1) is 14.2. The summed E-state index contributed by atoms with van der Waals surface area (Å²) in [4.78, 5) is 0. The van der Waals surface area contributed by atoms with Crippen molar-refractivity contribution >= 4 is 0 Å². The topological polar surface area (TPSA) is 29.9 Å². The second-order valence-corrected chi connectivity index (χ2v) is 5.05. The van der Waals surface area contributed by atoms with Crippen molar-refractivity contribution in [1.29, 1.82) is 0 Å². The molecule has 0 bridgehead atoms. The molecule has 1 rings (SSSR count). The fourth-order valence-electron chi connectivity index (χ4n) is 2.29. The van der Waals surface area contributed by atoms with Gasteiger partial charge in [-0.3, -0.25) is 4.68 Å². The minimum absolute atomic E-state index is 0.582. The van der Waals surface area contributed by atoms with Gasteiger partial charge < -0.3 is 5.32 Å². The second kappa shape index (κ2) is 7.49. The van der Waals surface area contributed by atoms with E-state index in [-0.39, 0.29) is 0 Å². The van der Waals surface area contributed by atoms with E-state index < -0.39 is 0 Å². The van der Waals surface area contributed by atoms with E-state index >= 15 is 0 Å². The van der Waals surface area contributed by atoms with E-state index in [2.05, 4.69) is 37.4 Å². The SMILES string of the molecule is CCCNC(Cc1cnn(C)c1)C(C)CCC. The highest BCUT2D eigenvalue weighted by Gasteiger charge is 2.16. The molecule has 17 heavy (non-hydrogen) atoms. The Bertz CT molecular complexity index is 306. The third-order valence-corrected chi connectivity index (χ3v) is 3.30. The quantitative estimate of drug-likeness (QED) is 0.753. The van der Waals surface area contributed by atoms with Crippen molar-refractivity contribution in [3.63, 3.8) is 0 Å². The summed E-state index contributed by atoms with van der Waals surface area (Å²) in [5.41, 5.74) is 1.34. The van der Waals surface area contributed by atoms with Crippen LogP contribution >= 0.6 is 0 Å². The number of hydrogen-bond acceptors (Lipinski definition) is 2. The first-order valence-corrected chi connectivity index (χ1v) is 6.88. The molecule has 0 saturated heterocycles. The third-order valence-electron chi connectivity index (χ3n) is 3.30. The first-order chi connectivity index (χ1) is 8.17. The fraction of sp³-hybridized carbons (Fsp3) is 0.786. The maximum atomic E-state index is 4.24. The Balaban J connectivity index is 2.55. The number of nitrogens with zero attached hydrogens (tertiary/aromatic N) is 2. The molecule has 3 nitrogen and oxygen atoms in total. The van der Waals surface area contributed by atoms with Crippen LogP contribution in [0.15, 0.2) is 12.4 Å². The van der Waals surface area contributed by atoms with Gasteiger partial charge in [0.25, 0.3) is 0 Å². The Morgan fingerprint density at radius 2 is 2.12 bits per heavy atom. The van der Waals surface area contributed by atoms with Crippen molar-refractivity contribution in [3.05, 3.63) is 18.0 Å². The minimum Gasteiger partial charge on any atom is -0.313 e. The van der Waals surface area contributed by atoms with E-state index in [9.17, 15) is 0 Å². The van der Waals surface area contributed by atoms with Gasteiger partial charge in [-0.05, 0) is 37.3 Å². The molecule has 1 aromatic heterocycles. The Kier molecular flexibility index (Phi) is 6.27. The molecule has 0 aliphatic heterocycles. The molecule has 0 fully saturated rings. The molecular weight excluding hydrogens is 210 g/mol. The highest BCUT2D eigenvalue weighted by atomic mass is 15.2. The lowest BCUT2D eigenvalue weighted by atomic mass is 9.92. The summed E-state index contributed by atoms with van der Waals surface area (Å²) in [5, 5.41) is 7.92. The molecule has 0 spiro atoms. The van der Waals surface area contributed by atoms with Crippen LogP contribution in [0, 0.1) is 5.92 Å². The lowest BCUT2D eigenvalue weighted by molar-refractivity contribution is 0.352. The van der Waals surface area contributed by atoms with Gasteiger partial charge in [-0.15, -0.1) is 0 Å². The molecule has 0 aliphatic rings. The van der Waals surface area contributed by atoms with E-state index in [4.69, 9.17) is 0 Å². The number of aromatic nitrogens is 2. The number of nitrogens with one attached hydrogen (secondary N) is 1. The molecule has 0 aromatic carbocycles. The first-order valence-electron chi connectivity index (χ1n) is 6.88. The van der Waals surface area contributed by atoms with Crippen molar-refractivity contribution < 1.29 is 0 Å². The average molecular weight is 237 g/mol. The van der Waals surface area contributed by atoms with Gasteiger partial charge in [-0.1, -0.05) is 27.2 Å². The van der Waals surface area contributed by atoms with Crippen LogP contribution in [-0.4, -0.2) is 22.4 Å². The van der Waals surface area contributed by atoms with Gasteiger partial charge in [0, 0.05) is 19.3 Å². The number of aryl methyl sites for hydroxylation is 1. The van der Waals surface area contributed by atoms with Crippen molar-refractivity contribution in [3.8, 4) is 0 Å². The maximum Gasteiger partial charge on any atom is 0.0522 e. The van der Waals surface area contributed by atoms with Crippen molar-refractivity contribution in [1.82, 2.24) is 15.1 Å². The summed E-state index contributed by atoms with van der Waals surface area (Å²) in [6, 6.07) is 0.582. The number of rotatable bonds is 8. The monoisotopic (exact) mass is 237 g/mol. The van der Waals surface area contributed by atoms with Gasteiger partial charge in [-0.2, -0.15) is 5.10 Å². The van der Waals surface area contributed by atoms with Crippen molar-refractivity contribution in [2.75, 3.05) is 6.54 Å². The number of hydrogen-bond donors (Lipinski definition) is 1. The molecule has 0 radical (unpaired) electrons. The molecule has 3 heteroatoms. The third kappa shape index (κ3) is 4.90. The molecule has 1 aromatic rings. The van der Waals surface area contributed by atoms with Crippen LogP contribution in [0.1, 0.15) is 45.6 Å². The van der Waals surface area contributed by atoms with Crippen LogP contribution in [0.2, 0.25) is 0 Å².